The Morgan fingerprint density at radius 3 is 2.75 bits per heavy atom. The van der Waals surface area contributed by atoms with Gasteiger partial charge in [0.1, 0.15) is 9.84 Å². The zero-order valence-corrected chi connectivity index (χ0v) is 12.9. The van der Waals surface area contributed by atoms with Crippen molar-refractivity contribution in [2.45, 2.75) is 19.4 Å². The number of sulfone groups is 1. The molecule has 2 rings (SSSR count). The topological polar surface area (TPSA) is 49.4 Å². The largest absolute Gasteiger partial charge is 0.308 e. The quantitative estimate of drug-likeness (QED) is 0.863. The molecule has 1 unspecified atom stereocenters. The van der Waals surface area contributed by atoms with Gasteiger partial charge < -0.3 is 10.2 Å². The van der Waals surface area contributed by atoms with Gasteiger partial charge in [-0.15, -0.1) is 0 Å². The fraction of sp³-hybridized carbons (Fsp3) is 0.600. The highest BCUT2D eigenvalue weighted by atomic mass is 32.2. The minimum absolute atomic E-state index is 0.251. The van der Waals surface area contributed by atoms with Crippen LogP contribution in [0.2, 0.25) is 0 Å². The molecule has 1 aromatic rings. The van der Waals surface area contributed by atoms with Gasteiger partial charge in [-0.3, -0.25) is 0 Å². The number of hydrogen-bond acceptors (Lipinski definition) is 4. The van der Waals surface area contributed by atoms with Crippen LogP contribution in [0.1, 0.15) is 24.9 Å². The minimum atomic E-state index is -2.83. The van der Waals surface area contributed by atoms with Crippen LogP contribution in [0.3, 0.4) is 0 Å². The molecule has 1 heterocycles. The monoisotopic (exact) mass is 296 g/mol. The van der Waals surface area contributed by atoms with E-state index in [1.165, 1.54) is 5.56 Å². The Bertz CT molecular complexity index is 502. The first-order chi connectivity index (χ1) is 9.61. The van der Waals surface area contributed by atoms with Crippen molar-refractivity contribution in [2.24, 2.45) is 0 Å². The fourth-order valence-corrected chi connectivity index (χ4v) is 3.43. The first-order valence-corrected chi connectivity index (χ1v) is 9.14. The smallest absolute Gasteiger partial charge is 0.150 e. The van der Waals surface area contributed by atoms with Crippen LogP contribution in [-0.2, 0) is 9.84 Å². The van der Waals surface area contributed by atoms with Crippen molar-refractivity contribution < 1.29 is 8.42 Å². The van der Waals surface area contributed by atoms with Crippen LogP contribution in [0.25, 0.3) is 0 Å². The van der Waals surface area contributed by atoms with Gasteiger partial charge in [-0.05, 0) is 18.5 Å². The highest BCUT2D eigenvalue weighted by Gasteiger charge is 2.20. The Kier molecular flexibility index (Phi) is 5.57. The maximum atomic E-state index is 11.5. The molecule has 1 aliphatic rings. The molecule has 0 bridgehead atoms. The summed E-state index contributed by atoms with van der Waals surface area (Å²) < 4.78 is 23.0. The lowest BCUT2D eigenvalue weighted by Gasteiger charge is -2.34. The van der Waals surface area contributed by atoms with E-state index >= 15 is 0 Å². The Balaban J connectivity index is 1.82. The van der Waals surface area contributed by atoms with Crippen LogP contribution in [0, 0.1) is 0 Å². The van der Waals surface area contributed by atoms with Gasteiger partial charge in [0.05, 0.1) is 5.75 Å². The maximum absolute atomic E-state index is 11.5. The van der Waals surface area contributed by atoms with Gasteiger partial charge in [0.2, 0.25) is 0 Å². The number of piperazine rings is 1. The summed E-state index contributed by atoms with van der Waals surface area (Å²) in [6.45, 7) is 5.49. The van der Waals surface area contributed by atoms with Crippen LogP contribution < -0.4 is 5.32 Å². The summed E-state index contributed by atoms with van der Waals surface area (Å²) in [5, 5.41) is 3.52. The molecule has 1 aromatic carbocycles. The third kappa shape index (κ3) is 4.58. The average molecular weight is 296 g/mol. The van der Waals surface area contributed by atoms with Gasteiger partial charge in [-0.2, -0.15) is 0 Å². The third-order valence-corrected chi connectivity index (χ3v) is 5.62. The summed E-state index contributed by atoms with van der Waals surface area (Å²) in [6, 6.07) is 10.8. The van der Waals surface area contributed by atoms with E-state index in [2.05, 4.69) is 34.5 Å². The molecule has 0 radical (unpaired) electrons. The van der Waals surface area contributed by atoms with Gasteiger partial charge in [-0.1, -0.05) is 37.3 Å². The molecule has 1 N–H and O–H groups in total. The van der Waals surface area contributed by atoms with Crippen LogP contribution in [-0.4, -0.2) is 51.0 Å². The van der Waals surface area contributed by atoms with E-state index in [-0.39, 0.29) is 5.75 Å². The lowest BCUT2D eigenvalue weighted by Crippen LogP contribution is -2.46. The molecule has 0 amide bonds. The number of nitrogens with one attached hydrogen (secondary N) is 1. The molecule has 0 aliphatic carbocycles. The molecule has 4 nitrogen and oxygen atoms in total. The Labute approximate surface area is 122 Å². The maximum Gasteiger partial charge on any atom is 0.150 e. The number of hydrogen-bond donors (Lipinski definition) is 1. The molecule has 0 spiro atoms. The summed E-state index contributed by atoms with van der Waals surface area (Å²) in [4.78, 5) is 2.36. The molecule has 20 heavy (non-hydrogen) atoms. The Hall–Kier alpha value is -0.910. The predicted octanol–water partition coefficient (Wildman–Crippen LogP) is 1.46. The number of rotatable bonds is 6. The molecule has 1 aliphatic heterocycles. The molecule has 112 valence electrons. The summed E-state index contributed by atoms with van der Waals surface area (Å²) in [5.74, 6) is 0.560. The molecule has 1 saturated heterocycles. The second kappa shape index (κ2) is 7.20. The summed E-state index contributed by atoms with van der Waals surface area (Å²) in [7, 11) is -2.83. The first kappa shape index (κ1) is 15.5. The zero-order chi connectivity index (χ0) is 14.4. The second-order valence-electron chi connectivity index (χ2n) is 5.31. The number of nitrogens with zero attached hydrogens (tertiary/aromatic N) is 1. The van der Waals surface area contributed by atoms with Gasteiger partial charge in [0.15, 0.2) is 0 Å². The van der Waals surface area contributed by atoms with Gasteiger partial charge in [0, 0.05) is 31.4 Å². The van der Waals surface area contributed by atoms with Crippen molar-refractivity contribution in [2.75, 3.05) is 37.7 Å². The van der Waals surface area contributed by atoms with Crippen molar-refractivity contribution in [1.82, 2.24) is 10.2 Å². The van der Waals surface area contributed by atoms with Crippen molar-refractivity contribution in [3.8, 4) is 0 Å². The summed E-state index contributed by atoms with van der Waals surface area (Å²) >= 11 is 0. The average Bonchev–Trinajstić information content (AvgIpc) is 2.48. The Morgan fingerprint density at radius 1 is 1.30 bits per heavy atom. The highest BCUT2D eigenvalue weighted by Crippen LogP contribution is 2.17. The molecule has 0 aromatic heterocycles. The zero-order valence-electron chi connectivity index (χ0n) is 12.1. The minimum Gasteiger partial charge on any atom is -0.308 e. The van der Waals surface area contributed by atoms with Gasteiger partial charge >= 0.3 is 0 Å². The van der Waals surface area contributed by atoms with E-state index in [1.54, 1.807) is 6.92 Å². The van der Waals surface area contributed by atoms with Crippen molar-refractivity contribution in [3.05, 3.63) is 35.9 Å². The predicted molar refractivity (Wildman–Crippen MR) is 82.6 cm³/mol. The lowest BCUT2D eigenvalue weighted by molar-refractivity contribution is 0.201. The SMILES string of the molecule is CCS(=O)(=O)CCCN1CCNC(c2ccccc2)C1. The van der Waals surface area contributed by atoms with Crippen molar-refractivity contribution >= 4 is 9.84 Å². The molecule has 0 saturated carbocycles. The first-order valence-electron chi connectivity index (χ1n) is 7.32. The summed E-state index contributed by atoms with van der Waals surface area (Å²) in [6.07, 6.45) is 0.734. The van der Waals surface area contributed by atoms with E-state index in [1.807, 2.05) is 6.07 Å². The van der Waals surface area contributed by atoms with E-state index in [0.29, 0.717) is 11.8 Å². The standard InChI is InChI=1S/C15H24N2O2S/c1-2-20(18,19)12-6-10-17-11-9-16-15(13-17)14-7-4-3-5-8-14/h3-5,7-8,15-16H,2,6,9-13H2,1H3. The van der Waals surface area contributed by atoms with E-state index in [4.69, 9.17) is 0 Å². The van der Waals surface area contributed by atoms with Crippen molar-refractivity contribution in [1.29, 1.82) is 0 Å². The van der Waals surface area contributed by atoms with Crippen LogP contribution >= 0.6 is 0 Å². The third-order valence-electron chi connectivity index (χ3n) is 3.83. The molecule has 5 heteroatoms. The van der Waals surface area contributed by atoms with Gasteiger partial charge in [0.25, 0.3) is 0 Å². The molecular formula is C15H24N2O2S. The lowest BCUT2D eigenvalue weighted by atomic mass is 10.0. The highest BCUT2D eigenvalue weighted by molar-refractivity contribution is 7.91. The second-order valence-corrected chi connectivity index (χ2v) is 7.78. The van der Waals surface area contributed by atoms with E-state index in [9.17, 15) is 8.42 Å². The Morgan fingerprint density at radius 2 is 2.05 bits per heavy atom. The van der Waals surface area contributed by atoms with Crippen LogP contribution in [0.4, 0.5) is 0 Å². The van der Waals surface area contributed by atoms with Crippen LogP contribution in [0.5, 0.6) is 0 Å². The molecule has 1 fully saturated rings. The van der Waals surface area contributed by atoms with E-state index in [0.717, 1.165) is 32.6 Å². The van der Waals surface area contributed by atoms with E-state index < -0.39 is 9.84 Å². The fourth-order valence-electron chi connectivity index (χ4n) is 2.58. The van der Waals surface area contributed by atoms with Crippen molar-refractivity contribution in [3.63, 3.8) is 0 Å². The number of benzene rings is 1. The summed E-state index contributed by atoms with van der Waals surface area (Å²) in [5.41, 5.74) is 1.30. The molecular weight excluding hydrogens is 272 g/mol. The van der Waals surface area contributed by atoms with Crippen LogP contribution in [0.15, 0.2) is 30.3 Å². The normalized spacial score (nSPS) is 20.9. The van der Waals surface area contributed by atoms with Gasteiger partial charge in [-0.25, -0.2) is 8.42 Å². The molecule has 1 atom stereocenters.